The van der Waals surface area contributed by atoms with Crippen molar-refractivity contribution in [3.8, 4) is 5.75 Å². The Bertz CT molecular complexity index is 1170. The molecular formula is C23H20N2O2. The molecule has 4 heteroatoms. The van der Waals surface area contributed by atoms with Crippen molar-refractivity contribution < 1.29 is 9.53 Å². The van der Waals surface area contributed by atoms with E-state index in [0.29, 0.717) is 18.6 Å². The van der Waals surface area contributed by atoms with Crippen molar-refractivity contribution in [1.29, 1.82) is 0 Å². The van der Waals surface area contributed by atoms with Gasteiger partial charge in [-0.05, 0) is 35.7 Å². The van der Waals surface area contributed by atoms with E-state index in [-0.39, 0.29) is 0 Å². The van der Waals surface area contributed by atoms with Gasteiger partial charge in [0.1, 0.15) is 11.5 Å². The number of aromatic amines is 1. The number of carbonyl (C=O) groups is 1. The van der Waals surface area contributed by atoms with Crippen molar-refractivity contribution in [2.24, 2.45) is 0 Å². The summed E-state index contributed by atoms with van der Waals surface area (Å²) in [4.78, 5) is 20.7. The van der Waals surface area contributed by atoms with Crippen LogP contribution >= 0.6 is 0 Å². The van der Waals surface area contributed by atoms with Gasteiger partial charge in [0.25, 0.3) is 0 Å². The lowest BCUT2D eigenvalue weighted by Gasteiger charge is -2.17. The number of carbonyl (C=O) groups excluding carboxylic acids is 1. The zero-order chi connectivity index (χ0) is 18.4. The van der Waals surface area contributed by atoms with Crippen molar-refractivity contribution in [2.45, 2.75) is 25.7 Å². The first-order valence-corrected chi connectivity index (χ1v) is 9.28. The fourth-order valence-corrected chi connectivity index (χ4v) is 4.11. The normalized spacial score (nSPS) is 13.9. The molecule has 0 amide bonds. The van der Waals surface area contributed by atoms with E-state index in [0.717, 1.165) is 46.6 Å². The molecule has 2 heterocycles. The summed E-state index contributed by atoms with van der Waals surface area (Å²) in [6.07, 6.45) is 2.56. The van der Waals surface area contributed by atoms with E-state index in [1.54, 1.807) is 7.11 Å². The van der Waals surface area contributed by atoms with E-state index in [4.69, 9.17) is 9.72 Å². The summed E-state index contributed by atoms with van der Waals surface area (Å²) in [5.74, 6) is 1.16. The molecule has 27 heavy (non-hydrogen) atoms. The van der Waals surface area contributed by atoms with Crippen LogP contribution in [0.4, 0.5) is 0 Å². The minimum atomic E-state index is 0.304. The van der Waals surface area contributed by atoms with Gasteiger partial charge < -0.3 is 9.72 Å². The van der Waals surface area contributed by atoms with Crippen molar-refractivity contribution in [3.05, 3.63) is 71.0 Å². The minimum absolute atomic E-state index is 0.304. The highest BCUT2D eigenvalue weighted by molar-refractivity contribution is 6.11. The first kappa shape index (κ1) is 16.1. The summed E-state index contributed by atoms with van der Waals surface area (Å²) < 4.78 is 5.26. The van der Waals surface area contributed by atoms with Crippen molar-refractivity contribution in [3.63, 3.8) is 0 Å². The van der Waals surface area contributed by atoms with Crippen LogP contribution in [0.2, 0.25) is 0 Å². The van der Waals surface area contributed by atoms with Crippen molar-refractivity contribution in [2.75, 3.05) is 7.11 Å². The maximum Gasteiger partial charge on any atom is 0.137 e. The van der Waals surface area contributed by atoms with E-state index < -0.39 is 0 Å². The number of ether oxygens (including phenoxy) is 1. The van der Waals surface area contributed by atoms with E-state index in [1.165, 1.54) is 16.3 Å². The van der Waals surface area contributed by atoms with Crippen LogP contribution in [0.3, 0.4) is 0 Å². The molecule has 4 aromatic rings. The fourth-order valence-electron chi connectivity index (χ4n) is 4.11. The van der Waals surface area contributed by atoms with Gasteiger partial charge in [-0.25, -0.2) is 0 Å². The Morgan fingerprint density at radius 3 is 2.70 bits per heavy atom. The molecule has 4 nitrogen and oxygen atoms in total. The Morgan fingerprint density at radius 1 is 1.07 bits per heavy atom. The average Bonchev–Trinajstić information content (AvgIpc) is 3.09. The number of Topliss-reactive ketones (excluding diaryl/α,β-unsaturated/α-hetero) is 1. The highest BCUT2D eigenvalue weighted by Gasteiger charge is 2.23. The minimum Gasteiger partial charge on any atom is -0.497 e. The van der Waals surface area contributed by atoms with Crippen LogP contribution in [0, 0.1) is 0 Å². The molecule has 0 saturated heterocycles. The van der Waals surface area contributed by atoms with Crippen molar-refractivity contribution in [1.82, 2.24) is 9.97 Å². The van der Waals surface area contributed by atoms with E-state index in [9.17, 15) is 4.79 Å². The van der Waals surface area contributed by atoms with E-state index >= 15 is 0 Å². The number of nitrogens with one attached hydrogen (secondary N) is 1. The molecule has 0 atom stereocenters. The summed E-state index contributed by atoms with van der Waals surface area (Å²) in [6.45, 7) is 0. The highest BCUT2D eigenvalue weighted by atomic mass is 16.5. The molecule has 0 fully saturated rings. The first-order chi connectivity index (χ1) is 13.2. The van der Waals surface area contributed by atoms with Crippen molar-refractivity contribution >= 4 is 27.6 Å². The fraction of sp³-hybridized carbons (Fsp3) is 0.217. The van der Waals surface area contributed by atoms with Crippen LogP contribution in [-0.2, 0) is 24.1 Å². The lowest BCUT2D eigenvalue weighted by molar-refractivity contribution is -0.118. The number of rotatable bonds is 3. The summed E-state index contributed by atoms with van der Waals surface area (Å²) in [7, 11) is 1.68. The summed E-state index contributed by atoms with van der Waals surface area (Å²) in [6, 6.07) is 16.4. The number of pyridine rings is 1. The lowest BCUT2D eigenvalue weighted by Crippen LogP contribution is -2.16. The van der Waals surface area contributed by atoms with Gasteiger partial charge >= 0.3 is 0 Å². The van der Waals surface area contributed by atoms with Gasteiger partial charge in [-0.3, -0.25) is 9.78 Å². The highest BCUT2D eigenvalue weighted by Crippen LogP contribution is 2.35. The number of nitrogens with zero attached hydrogens (tertiary/aromatic N) is 1. The zero-order valence-electron chi connectivity index (χ0n) is 15.2. The van der Waals surface area contributed by atoms with Gasteiger partial charge in [0, 0.05) is 41.2 Å². The predicted molar refractivity (Wildman–Crippen MR) is 106 cm³/mol. The maximum atomic E-state index is 12.1. The van der Waals surface area contributed by atoms with E-state index in [2.05, 4.69) is 35.3 Å². The van der Waals surface area contributed by atoms with Crippen LogP contribution < -0.4 is 4.74 Å². The molecule has 2 aromatic heterocycles. The topological polar surface area (TPSA) is 55.0 Å². The third kappa shape index (κ3) is 2.69. The van der Waals surface area contributed by atoms with Gasteiger partial charge in [-0.2, -0.15) is 0 Å². The number of hydrogen-bond acceptors (Lipinski definition) is 3. The molecule has 0 bridgehead atoms. The van der Waals surface area contributed by atoms with Crippen LogP contribution in [0.25, 0.3) is 21.8 Å². The molecule has 0 saturated carbocycles. The molecule has 1 N–H and O–H groups in total. The standard InChI is InChI=1S/C23H20N2O2/c1-27-16-9-6-14(7-10-16)12-21-23-22(17-4-2-3-5-19(17)25-23)18-13-15(26)8-11-20(18)24-21/h2-7,9-10,25H,8,11-13H2,1H3. The number of methoxy groups -OCH3 is 1. The number of fused-ring (bicyclic) bond motifs is 5. The van der Waals surface area contributed by atoms with E-state index in [1.807, 2.05) is 18.2 Å². The Hall–Kier alpha value is -3.14. The number of ketones is 1. The zero-order valence-corrected chi connectivity index (χ0v) is 15.2. The van der Waals surface area contributed by atoms with Crippen LogP contribution in [0.5, 0.6) is 5.75 Å². The Morgan fingerprint density at radius 2 is 1.89 bits per heavy atom. The number of benzene rings is 2. The quantitative estimate of drug-likeness (QED) is 0.593. The summed E-state index contributed by atoms with van der Waals surface area (Å²) >= 11 is 0. The molecule has 2 aromatic carbocycles. The maximum absolute atomic E-state index is 12.1. The second kappa shape index (κ2) is 6.23. The second-order valence-corrected chi connectivity index (χ2v) is 7.14. The first-order valence-electron chi connectivity index (χ1n) is 9.28. The summed E-state index contributed by atoms with van der Waals surface area (Å²) in [5.41, 5.74) is 6.57. The molecule has 134 valence electrons. The molecule has 0 aliphatic heterocycles. The average molecular weight is 356 g/mol. The second-order valence-electron chi connectivity index (χ2n) is 7.14. The van der Waals surface area contributed by atoms with Gasteiger partial charge in [-0.1, -0.05) is 30.3 Å². The number of aromatic nitrogens is 2. The lowest BCUT2D eigenvalue weighted by atomic mass is 9.90. The largest absolute Gasteiger partial charge is 0.497 e. The number of H-pyrrole nitrogens is 1. The molecule has 1 aliphatic carbocycles. The Labute approximate surface area is 157 Å². The van der Waals surface area contributed by atoms with Gasteiger partial charge in [0.05, 0.1) is 18.3 Å². The van der Waals surface area contributed by atoms with Crippen LogP contribution in [0.15, 0.2) is 48.5 Å². The monoisotopic (exact) mass is 356 g/mol. The summed E-state index contributed by atoms with van der Waals surface area (Å²) in [5, 5.41) is 2.35. The Kier molecular flexibility index (Phi) is 3.71. The van der Waals surface area contributed by atoms with Crippen LogP contribution in [0.1, 0.15) is 28.9 Å². The number of aryl methyl sites for hydroxylation is 1. The van der Waals surface area contributed by atoms with Gasteiger partial charge in [-0.15, -0.1) is 0 Å². The molecule has 0 unspecified atom stereocenters. The Balaban J connectivity index is 1.72. The number of para-hydroxylation sites is 1. The molecule has 5 rings (SSSR count). The SMILES string of the molecule is COc1ccc(Cc2nc3c(c4c2[nH]c2ccccc24)CC(=O)CC3)cc1. The van der Waals surface area contributed by atoms with Crippen LogP contribution in [-0.4, -0.2) is 22.9 Å². The molecule has 0 radical (unpaired) electrons. The van der Waals surface area contributed by atoms with Gasteiger partial charge in [0.15, 0.2) is 0 Å². The van der Waals surface area contributed by atoms with Gasteiger partial charge in [0.2, 0.25) is 0 Å². The number of hydrogen-bond donors (Lipinski definition) is 1. The smallest absolute Gasteiger partial charge is 0.137 e. The third-order valence-electron chi connectivity index (χ3n) is 5.46. The molecule has 0 spiro atoms. The third-order valence-corrected chi connectivity index (χ3v) is 5.46. The predicted octanol–water partition coefficient (Wildman–Crippen LogP) is 4.37. The molecule has 1 aliphatic rings. The molecular weight excluding hydrogens is 336 g/mol.